The van der Waals surface area contributed by atoms with Gasteiger partial charge in [0.15, 0.2) is 0 Å². The zero-order valence-corrected chi connectivity index (χ0v) is 12.6. The van der Waals surface area contributed by atoms with E-state index in [0.29, 0.717) is 12.3 Å². The van der Waals surface area contributed by atoms with Crippen LogP contribution < -0.4 is 15.1 Å². The van der Waals surface area contributed by atoms with Gasteiger partial charge in [0.2, 0.25) is 0 Å². The highest BCUT2D eigenvalue weighted by Gasteiger charge is 2.54. The van der Waals surface area contributed by atoms with E-state index in [-0.39, 0.29) is 29.2 Å². The molecular formula is C15H19BN2O5. The zero-order valence-electron chi connectivity index (χ0n) is 12.6. The molecule has 1 aromatic carbocycles. The lowest BCUT2D eigenvalue weighted by molar-refractivity contribution is 0.0210. The van der Waals surface area contributed by atoms with Crippen LogP contribution >= 0.6 is 0 Å². The Morgan fingerprint density at radius 1 is 1.48 bits per heavy atom. The molecular weight excluding hydrogens is 299 g/mol. The van der Waals surface area contributed by atoms with Crippen molar-refractivity contribution < 1.29 is 24.3 Å². The maximum absolute atomic E-state index is 11.7. The van der Waals surface area contributed by atoms with Crippen LogP contribution in [-0.4, -0.2) is 60.4 Å². The second kappa shape index (κ2) is 5.40. The van der Waals surface area contributed by atoms with Gasteiger partial charge in [0, 0.05) is 32.0 Å². The second-order valence-electron chi connectivity index (χ2n) is 6.46. The monoisotopic (exact) mass is 318 g/mol. The number of benzene rings is 1. The fourth-order valence-corrected chi connectivity index (χ4v) is 3.54. The van der Waals surface area contributed by atoms with Gasteiger partial charge < -0.3 is 25.3 Å². The smallest absolute Gasteiger partial charge is 0.526 e. The van der Waals surface area contributed by atoms with Crippen molar-refractivity contribution in [1.29, 1.82) is 0 Å². The third kappa shape index (κ3) is 2.47. The molecule has 2 fully saturated rings. The molecule has 0 amide bonds. The van der Waals surface area contributed by atoms with Crippen LogP contribution in [0.4, 0.5) is 0 Å². The first-order valence-electron chi connectivity index (χ1n) is 7.92. The van der Waals surface area contributed by atoms with E-state index in [9.17, 15) is 14.9 Å². The molecule has 1 saturated heterocycles. The largest absolute Gasteiger partial charge is 0.535 e. The summed E-state index contributed by atoms with van der Waals surface area (Å²) in [4.78, 5) is 13.9. The Labute approximate surface area is 134 Å². The first kappa shape index (κ1) is 14.8. The molecule has 2 heterocycles. The van der Waals surface area contributed by atoms with Crippen LogP contribution in [0.25, 0.3) is 0 Å². The van der Waals surface area contributed by atoms with Crippen molar-refractivity contribution in [3.05, 3.63) is 23.3 Å². The van der Waals surface area contributed by atoms with E-state index in [0.717, 1.165) is 31.6 Å². The minimum Gasteiger partial charge on any atom is -0.535 e. The van der Waals surface area contributed by atoms with E-state index in [2.05, 4.69) is 4.90 Å². The van der Waals surface area contributed by atoms with E-state index in [1.54, 1.807) is 6.07 Å². The molecule has 23 heavy (non-hydrogen) atoms. The maximum atomic E-state index is 11.7. The van der Waals surface area contributed by atoms with Crippen molar-refractivity contribution in [2.45, 2.75) is 24.3 Å². The normalized spacial score (nSPS) is 25.9. The Balaban J connectivity index is 1.58. The van der Waals surface area contributed by atoms with E-state index >= 15 is 0 Å². The molecule has 2 atom stereocenters. The molecule has 0 aromatic heterocycles. The summed E-state index contributed by atoms with van der Waals surface area (Å²) in [6.45, 7) is 2.89. The van der Waals surface area contributed by atoms with Gasteiger partial charge in [0.05, 0.1) is 0 Å². The van der Waals surface area contributed by atoms with Gasteiger partial charge >= 0.3 is 13.1 Å². The minimum atomic E-state index is -1.10. The van der Waals surface area contributed by atoms with Crippen molar-refractivity contribution >= 4 is 13.1 Å². The fourth-order valence-electron chi connectivity index (χ4n) is 3.54. The third-order valence-corrected chi connectivity index (χ3v) is 4.87. The van der Waals surface area contributed by atoms with Crippen molar-refractivity contribution in [2.24, 2.45) is 5.73 Å². The van der Waals surface area contributed by atoms with Gasteiger partial charge in [-0.3, -0.25) is 4.90 Å². The highest BCUT2D eigenvalue weighted by Crippen LogP contribution is 2.60. The summed E-state index contributed by atoms with van der Waals surface area (Å²) in [5.41, 5.74) is 6.39. The summed E-state index contributed by atoms with van der Waals surface area (Å²) in [7, 11) is -0.926. The molecule has 1 aliphatic carbocycles. The molecule has 4 N–H and O–H groups in total. The van der Waals surface area contributed by atoms with Gasteiger partial charge in [0.25, 0.3) is 0 Å². The van der Waals surface area contributed by atoms with Crippen molar-refractivity contribution in [2.75, 3.05) is 26.2 Å². The van der Waals surface area contributed by atoms with Crippen LogP contribution in [0, 0.1) is 0 Å². The van der Waals surface area contributed by atoms with E-state index < -0.39 is 13.1 Å². The molecule has 0 bridgehead atoms. The molecule has 7 nitrogen and oxygen atoms in total. The molecule has 2 aliphatic heterocycles. The summed E-state index contributed by atoms with van der Waals surface area (Å²) in [6.07, 6.45) is 0.796. The predicted octanol–water partition coefficient (Wildman–Crippen LogP) is 0.137. The summed E-state index contributed by atoms with van der Waals surface area (Å²) in [5, 5.41) is 19.5. The molecule has 0 radical (unpaired) electrons. The SMILES string of the molecule is NCCN1CC(Oc2ccc3c(c2C(=O)O)OB(O)C2CC32)C1. The molecule has 0 spiro atoms. The predicted molar refractivity (Wildman–Crippen MR) is 83.0 cm³/mol. The van der Waals surface area contributed by atoms with Crippen LogP contribution in [0.3, 0.4) is 0 Å². The topological polar surface area (TPSA) is 105 Å². The Bertz CT molecular complexity index is 649. The lowest BCUT2D eigenvalue weighted by Gasteiger charge is -2.39. The molecule has 4 rings (SSSR count). The molecule has 1 saturated carbocycles. The lowest BCUT2D eigenvalue weighted by Crippen LogP contribution is -2.55. The highest BCUT2D eigenvalue weighted by atomic mass is 16.5. The van der Waals surface area contributed by atoms with E-state index in [1.807, 2.05) is 6.07 Å². The number of carboxylic acid groups (broad SMARTS) is 1. The number of carboxylic acids is 1. The van der Waals surface area contributed by atoms with Gasteiger partial charge in [-0.15, -0.1) is 0 Å². The van der Waals surface area contributed by atoms with Crippen molar-refractivity contribution in [3.8, 4) is 11.5 Å². The van der Waals surface area contributed by atoms with Gasteiger partial charge in [-0.2, -0.15) is 0 Å². The Kier molecular flexibility index (Phi) is 3.48. The maximum Gasteiger partial charge on any atom is 0.526 e. The van der Waals surface area contributed by atoms with Crippen LogP contribution in [0.15, 0.2) is 12.1 Å². The quantitative estimate of drug-likeness (QED) is 0.663. The van der Waals surface area contributed by atoms with Crippen LogP contribution in [0.2, 0.25) is 5.82 Å². The van der Waals surface area contributed by atoms with Crippen LogP contribution in [0.1, 0.15) is 28.3 Å². The first-order chi connectivity index (χ1) is 11.1. The number of nitrogens with two attached hydrogens (primary N) is 1. The first-order valence-corrected chi connectivity index (χ1v) is 7.92. The van der Waals surface area contributed by atoms with Crippen molar-refractivity contribution in [3.63, 3.8) is 0 Å². The number of hydrogen-bond donors (Lipinski definition) is 3. The minimum absolute atomic E-state index is 0.0178. The second-order valence-corrected chi connectivity index (χ2v) is 6.46. The van der Waals surface area contributed by atoms with Crippen LogP contribution in [-0.2, 0) is 0 Å². The number of likely N-dealkylation sites (tertiary alicyclic amines) is 1. The van der Waals surface area contributed by atoms with Crippen LogP contribution in [0.5, 0.6) is 11.5 Å². The number of carbonyl (C=O) groups is 1. The Morgan fingerprint density at radius 3 is 2.96 bits per heavy atom. The zero-order chi connectivity index (χ0) is 16.1. The number of fused-ring (bicyclic) bond motifs is 3. The fraction of sp³-hybridized carbons (Fsp3) is 0.533. The standard InChI is InChI=1S/C15H19BN2O5/c17-3-4-18-6-8(7-18)22-12-2-1-9-10-5-11(10)16(21)23-14(9)13(12)15(19)20/h1-2,8,10-11,21H,3-7,17H2,(H,19,20). The van der Waals surface area contributed by atoms with E-state index in [4.69, 9.17) is 15.1 Å². The van der Waals surface area contributed by atoms with E-state index in [1.165, 1.54) is 0 Å². The summed E-state index contributed by atoms with van der Waals surface area (Å²) >= 11 is 0. The number of hydrogen-bond acceptors (Lipinski definition) is 6. The average molecular weight is 318 g/mol. The average Bonchev–Trinajstić information content (AvgIpc) is 3.25. The molecule has 1 aromatic rings. The number of ether oxygens (including phenoxy) is 1. The summed E-state index contributed by atoms with van der Waals surface area (Å²) in [5.74, 6) is -0.238. The van der Waals surface area contributed by atoms with Gasteiger partial charge in [0.1, 0.15) is 23.2 Å². The number of nitrogens with zero attached hydrogens (tertiary/aromatic N) is 1. The van der Waals surface area contributed by atoms with Gasteiger partial charge in [-0.25, -0.2) is 4.79 Å². The van der Waals surface area contributed by atoms with Gasteiger partial charge in [-0.1, -0.05) is 6.07 Å². The highest BCUT2D eigenvalue weighted by molar-refractivity contribution is 6.48. The third-order valence-electron chi connectivity index (χ3n) is 4.87. The van der Waals surface area contributed by atoms with Crippen molar-refractivity contribution in [1.82, 2.24) is 4.90 Å². The molecule has 8 heteroatoms. The number of aromatic carboxylic acids is 1. The van der Waals surface area contributed by atoms with Gasteiger partial charge in [-0.05, 0) is 24.0 Å². The Morgan fingerprint density at radius 2 is 2.26 bits per heavy atom. The molecule has 3 aliphatic rings. The molecule has 2 unspecified atom stereocenters. The Hall–Kier alpha value is -1.77. The number of rotatable bonds is 5. The summed E-state index contributed by atoms with van der Waals surface area (Å²) in [6, 6.07) is 3.58. The summed E-state index contributed by atoms with van der Waals surface area (Å²) < 4.78 is 11.3. The molecule has 122 valence electrons. The lowest BCUT2D eigenvalue weighted by atomic mass is 9.77.